The first kappa shape index (κ1) is 10.2. The SMILES string of the molecule is CCCOC(=O)c1cc2ccccc2s1. The molecule has 1 aromatic heterocycles. The summed E-state index contributed by atoms with van der Waals surface area (Å²) in [7, 11) is 0. The summed E-state index contributed by atoms with van der Waals surface area (Å²) in [6, 6.07) is 9.84. The van der Waals surface area contributed by atoms with E-state index in [4.69, 9.17) is 4.74 Å². The number of carbonyl (C=O) groups excluding carboxylic acids is 1. The Hall–Kier alpha value is -1.35. The van der Waals surface area contributed by atoms with Crippen LogP contribution in [0, 0.1) is 0 Å². The summed E-state index contributed by atoms with van der Waals surface area (Å²) in [4.78, 5) is 12.2. The van der Waals surface area contributed by atoms with Gasteiger partial charge < -0.3 is 4.74 Å². The second-order valence-electron chi connectivity index (χ2n) is 3.28. The fourth-order valence-corrected chi connectivity index (χ4v) is 2.30. The molecule has 0 N–H and O–H groups in total. The standard InChI is InChI=1S/C12H12O2S/c1-2-7-14-12(13)11-8-9-5-3-4-6-10(9)15-11/h3-6,8H,2,7H2,1H3. The second-order valence-corrected chi connectivity index (χ2v) is 4.37. The third kappa shape index (κ3) is 2.18. The lowest BCUT2D eigenvalue weighted by Crippen LogP contribution is -2.03. The highest BCUT2D eigenvalue weighted by Crippen LogP contribution is 2.25. The van der Waals surface area contributed by atoms with Crippen molar-refractivity contribution in [1.82, 2.24) is 0 Å². The predicted octanol–water partition coefficient (Wildman–Crippen LogP) is 3.47. The van der Waals surface area contributed by atoms with E-state index in [1.807, 2.05) is 37.3 Å². The van der Waals surface area contributed by atoms with Crippen LogP contribution >= 0.6 is 11.3 Å². The number of hydrogen-bond acceptors (Lipinski definition) is 3. The van der Waals surface area contributed by atoms with Gasteiger partial charge in [-0.05, 0) is 23.9 Å². The third-order valence-corrected chi connectivity index (χ3v) is 3.16. The molecule has 0 atom stereocenters. The zero-order valence-corrected chi connectivity index (χ0v) is 9.34. The first-order valence-corrected chi connectivity index (χ1v) is 5.78. The molecule has 2 nitrogen and oxygen atoms in total. The molecule has 78 valence electrons. The summed E-state index contributed by atoms with van der Waals surface area (Å²) >= 11 is 1.48. The molecule has 0 amide bonds. The monoisotopic (exact) mass is 220 g/mol. The van der Waals surface area contributed by atoms with Crippen LogP contribution in [0.25, 0.3) is 10.1 Å². The van der Waals surface area contributed by atoms with Gasteiger partial charge in [0.2, 0.25) is 0 Å². The van der Waals surface area contributed by atoms with Crippen LogP contribution in [0.4, 0.5) is 0 Å². The van der Waals surface area contributed by atoms with E-state index in [1.54, 1.807) is 0 Å². The summed E-state index contributed by atoms with van der Waals surface area (Å²) in [6.07, 6.45) is 0.858. The largest absolute Gasteiger partial charge is 0.462 e. The van der Waals surface area contributed by atoms with Crippen molar-refractivity contribution in [2.24, 2.45) is 0 Å². The maximum absolute atomic E-state index is 11.6. The van der Waals surface area contributed by atoms with Gasteiger partial charge in [-0.2, -0.15) is 0 Å². The van der Waals surface area contributed by atoms with Gasteiger partial charge in [0.05, 0.1) is 6.61 Å². The molecule has 2 aromatic rings. The van der Waals surface area contributed by atoms with Crippen molar-refractivity contribution in [2.75, 3.05) is 6.61 Å². The van der Waals surface area contributed by atoms with Crippen LogP contribution in [0.5, 0.6) is 0 Å². The molecule has 2 rings (SSSR count). The highest BCUT2D eigenvalue weighted by Gasteiger charge is 2.10. The van der Waals surface area contributed by atoms with Gasteiger partial charge in [0.25, 0.3) is 0 Å². The van der Waals surface area contributed by atoms with E-state index >= 15 is 0 Å². The van der Waals surface area contributed by atoms with Gasteiger partial charge in [0, 0.05) is 4.70 Å². The Morgan fingerprint density at radius 3 is 2.93 bits per heavy atom. The zero-order chi connectivity index (χ0) is 10.7. The number of rotatable bonds is 3. The van der Waals surface area contributed by atoms with Crippen LogP contribution in [-0.2, 0) is 4.74 Å². The molecular weight excluding hydrogens is 208 g/mol. The Morgan fingerprint density at radius 1 is 1.40 bits per heavy atom. The van der Waals surface area contributed by atoms with Crippen LogP contribution in [0.2, 0.25) is 0 Å². The van der Waals surface area contributed by atoms with Crippen LogP contribution < -0.4 is 0 Å². The van der Waals surface area contributed by atoms with Crippen molar-refractivity contribution in [3.63, 3.8) is 0 Å². The first-order chi connectivity index (χ1) is 7.31. The minimum Gasteiger partial charge on any atom is -0.462 e. The number of fused-ring (bicyclic) bond motifs is 1. The molecule has 0 radical (unpaired) electrons. The molecule has 1 heterocycles. The second kappa shape index (κ2) is 4.45. The molecule has 0 aliphatic rings. The van der Waals surface area contributed by atoms with Crippen LogP contribution in [0.3, 0.4) is 0 Å². The summed E-state index contributed by atoms with van der Waals surface area (Å²) < 4.78 is 6.20. The molecule has 0 saturated carbocycles. The van der Waals surface area contributed by atoms with Crippen LogP contribution in [0.15, 0.2) is 30.3 Å². The molecule has 15 heavy (non-hydrogen) atoms. The highest BCUT2D eigenvalue weighted by molar-refractivity contribution is 7.20. The smallest absolute Gasteiger partial charge is 0.348 e. The van der Waals surface area contributed by atoms with E-state index in [1.165, 1.54) is 11.3 Å². The Bertz CT molecular complexity index is 440. The van der Waals surface area contributed by atoms with Crippen molar-refractivity contribution >= 4 is 27.4 Å². The Balaban J connectivity index is 2.25. The number of carbonyl (C=O) groups is 1. The quantitative estimate of drug-likeness (QED) is 0.740. The summed E-state index contributed by atoms with van der Waals surface area (Å²) in [5, 5.41) is 1.10. The lowest BCUT2D eigenvalue weighted by Gasteiger charge is -1.98. The van der Waals surface area contributed by atoms with E-state index in [2.05, 4.69) is 0 Å². The van der Waals surface area contributed by atoms with Crippen molar-refractivity contribution < 1.29 is 9.53 Å². The maximum atomic E-state index is 11.6. The number of benzene rings is 1. The summed E-state index contributed by atoms with van der Waals surface area (Å²) in [6.45, 7) is 2.48. The van der Waals surface area contributed by atoms with Gasteiger partial charge in [-0.15, -0.1) is 11.3 Å². The predicted molar refractivity (Wildman–Crippen MR) is 62.4 cm³/mol. The first-order valence-electron chi connectivity index (χ1n) is 4.97. The molecule has 1 aromatic carbocycles. The minimum atomic E-state index is -0.210. The number of hydrogen-bond donors (Lipinski definition) is 0. The average Bonchev–Trinajstić information content (AvgIpc) is 2.69. The Morgan fingerprint density at radius 2 is 2.20 bits per heavy atom. The molecule has 0 aliphatic heterocycles. The summed E-state index contributed by atoms with van der Waals surface area (Å²) in [5.41, 5.74) is 0. The molecule has 0 aliphatic carbocycles. The van der Waals surface area contributed by atoms with Crippen molar-refractivity contribution in [3.8, 4) is 0 Å². The molecule has 0 spiro atoms. The van der Waals surface area contributed by atoms with Crippen LogP contribution in [0.1, 0.15) is 23.0 Å². The van der Waals surface area contributed by atoms with Crippen molar-refractivity contribution in [3.05, 3.63) is 35.2 Å². The molecular formula is C12H12O2S. The van der Waals surface area contributed by atoms with Gasteiger partial charge in [-0.3, -0.25) is 0 Å². The number of ether oxygens (including phenoxy) is 1. The van der Waals surface area contributed by atoms with E-state index in [0.29, 0.717) is 11.5 Å². The van der Waals surface area contributed by atoms with Gasteiger partial charge in [-0.1, -0.05) is 25.1 Å². The van der Waals surface area contributed by atoms with Crippen molar-refractivity contribution in [2.45, 2.75) is 13.3 Å². The fourth-order valence-electron chi connectivity index (χ4n) is 1.35. The van der Waals surface area contributed by atoms with E-state index in [-0.39, 0.29) is 5.97 Å². The van der Waals surface area contributed by atoms with E-state index in [9.17, 15) is 4.79 Å². The van der Waals surface area contributed by atoms with Gasteiger partial charge in [0.1, 0.15) is 4.88 Å². The highest BCUT2D eigenvalue weighted by atomic mass is 32.1. The van der Waals surface area contributed by atoms with Gasteiger partial charge in [0.15, 0.2) is 0 Å². The van der Waals surface area contributed by atoms with Crippen molar-refractivity contribution in [1.29, 1.82) is 0 Å². The number of thiophene rings is 1. The maximum Gasteiger partial charge on any atom is 0.348 e. The van der Waals surface area contributed by atoms with Crippen LogP contribution in [-0.4, -0.2) is 12.6 Å². The minimum absolute atomic E-state index is 0.210. The van der Waals surface area contributed by atoms with E-state index < -0.39 is 0 Å². The normalized spacial score (nSPS) is 10.5. The molecule has 0 bridgehead atoms. The Labute approximate surface area is 92.5 Å². The fraction of sp³-hybridized carbons (Fsp3) is 0.250. The van der Waals surface area contributed by atoms with Gasteiger partial charge >= 0.3 is 5.97 Å². The lowest BCUT2D eigenvalue weighted by molar-refractivity contribution is 0.0511. The molecule has 3 heteroatoms. The third-order valence-electron chi connectivity index (χ3n) is 2.06. The topological polar surface area (TPSA) is 26.3 Å². The molecule has 0 unspecified atom stereocenters. The molecule has 0 fully saturated rings. The zero-order valence-electron chi connectivity index (χ0n) is 8.53. The average molecular weight is 220 g/mol. The Kier molecular flexibility index (Phi) is 3.02. The van der Waals surface area contributed by atoms with E-state index in [0.717, 1.165) is 16.5 Å². The van der Waals surface area contributed by atoms with Gasteiger partial charge in [-0.25, -0.2) is 4.79 Å². The summed E-state index contributed by atoms with van der Waals surface area (Å²) in [5.74, 6) is -0.210. The lowest BCUT2D eigenvalue weighted by atomic mass is 10.2. The number of esters is 1. The molecule has 0 saturated heterocycles.